The summed E-state index contributed by atoms with van der Waals surface area (Å²) < 4.78 is 0. The average Bonchev–Trinajstić information content (AvgIpc) is 2.72. The molecule has 2 saturated carbocycles. The third kappa shape index (κ3) is 1.67. The Hall–Kier alpha value is -1.58. The Bertz CT molecular complexity index is 604. The third-order valence-electron chi connectivity index (χ3n) is 6.17. The van der Waals surface area contributed by atoms with E-state index in [1.807, 2.05) is 0 Å². The van der Waals surface area contributed by atoms with E-state index in [1.165, 1.54) is 18.7 Å². The summed E-state index contributed by atoms with van der Waals surface area (Å²) in [4.78, 5) is 26.8. The van der Waals surface area contributed by atoms with Crippen molar-refractivity contribution >= 4 is 5.91 Å². The Labute approximate surface area is 119 Å². The molecule has 1 aromatic rings. The number of carbonyl (C=O) groups is 1. The number of aromatic nitrogens is 1. The van der Waals surface area contributed by atoms with Gasteiger partial charge in [0.2, 0.25) is 0 Å². The predicted molar refractivity (Wildman–Crippen MR) is 77.5 cm³/mol. The van der Waals surface area contributed by atoms with Gasteiger partial charge in [-0.2, -0.15) is 0 Å². The molecule has 108 valence electrons. The van der Waals surface area contributed by atoms with Crippen LogP contribution in [0, 0.1) is 16.7 Å². The Balaban J connectivity index is 1.82. The van der Waals surface area contributed by atoms with E-state index in [1.54, 1.807) is 6.20 Å². The van der Waals surface area contributed by atoms with Crippen LogP contribution in [-0.4, -0.2) is 16.9 Å². The number of amides is 1. The first-order chi connectivity index (χ1) is 9.36. The number of hydrogen-bond acceptors (Lipinski definition) is 2. The zero-order chi connectivity index (χ0) is 14.5. The maximum absolute atomic E-state index is 12.3. The maximum Gasteiger partial charge on any atom is 0.256 e. The molecule has 2 bridgehead atoms. The second kappa shape index (κ2) is 4.21. The first kappa shape index (κ1) is 13.4. The van der Waals surface area contributed by atoms with Gasteiger partial charge in [0.25, 0.3) is 5.91 Å². The minimum atomic E-state index is -0.249. The molecule has 0 radical (unpaired) electrons. The molecule has 1 aromatic heterocycles. The van der Waals surface area contributed by atoms with Crippen LogP contribution in [0.3, 0.4) is 0 Å². The lowest BCUT2D eigenvalue weighted by molar-refractivity contribution is 0.0825. The van der Waals surface area contributed by atoms with Crippen LogP contribution in [0.15, 0.2) is 23.3 Å². The highest BCUT2D eigenvalue weighted by Crippen LogP contribution is 2.65. The van der Waals surface area contributed by atoms with Crippen molar-refractivity contribution in [3.63, 3.8) is 0 Å². The molecule has 2 N–H and O–H groups in total. The van der Waals surface area contributed by atoms with Crippen molar-refractivity contribution in [2.45, 2.75) is 46.1 Å². The molecule has 0 spiro atoms. The fourth-order valence-corrected chi connectivity index (χ4v) is 4.25. The predicted octanol–water partition coefficient (Wildman–Crippen LogP) is 2.32. The summed E-state index contributed by atoms with van der Waals surface area (Å²) in [6.45, 7) is 6.90. The molecule has 3 atom stereocenters. The van der Waals surface area contributed by atoms with Crippen LogP contribution in [0.25, 0.3) is 0 Å². The lowest BCUT2D eigenvalue weighted by Crippen LogP contribution is -2.47. The minimum Gasteiger partial charge on any atom is -0.367 e. The summed E-state index contributed by atoms with van der Waals surface area (Å²) in [7, 11) is 0. The number of aromatic amines is 1. The lowest BCUT2D eigenvalue weighted by Gasteiger charge is -2.39. The summed E-state index contributed by atoms with van der Waals surface area (Å²) in [5.41, 5.74) is 0.369. The van der Waals surface area contributed by atoms with E-state index in [0.29, 0.717) is 5.92 Å². The Morgan fingerprint density at radius 1 is 1.40 bits per heavy atom. The second-order valence-electron chi connectivity index (χ2n) is 7.06. The molecular formula is C16H22N2O2. The van der Waals surface area contributed by atoms with Gasteiger partial charge < -0.3 is 10.3 Å². The van der Waals surface area contributed by atoms with E-state index in [0.717, 1.165) is 12.8 Å². The highest BCUT2D eigenvalue weighted by atomic mass is 16.2. The standard InChI is InChI=1S/C16H22N2O2/c1-15(2)10-4-6-16(15,3)13(8-10)18-14(20)11-9-17-7-5-12(11)19/h5,7,9-10,13H,4,6,8H2,1-3H3,(H,17,19)(H,18,20). The van der Waals surface area contributed by atoms with E-state index in [2.05, 4.69) is 31.1 Å². The number of nitrogens with one attached hydrogen (secondary N) is 2. The zero-order valence-corrected chi connectivity index (χ0v) is 12.3. The molecule has 2 aliphatic carbocycles. The van der Waals surface area contributed by atoms with Crippen LogP contribution >= 0.6 is 0 Å². The van der Waals surface area contributed by atoms with Crippen LogP contribution in [0.1, 0.15) is 50.4 Å². The normalized spacial score (nSPS) is 34.1. The second-order valence-corrected chi connectivity index (χ2v) is 7.06. The van der Waals surface area contributed by atoms with Crippen LogP contribution < -0.4 is 10.7 Å². The number of H-pyrrole nitrogens is 1. The van der Waals surface area contributed by atoms with Crippen molar-refractivity contribution in [2.24, 2.45) is 16.7 Å². The van der Waals surface area contributed by atoms with Crippen molar-refractivity contribution in [3.8, 4) is 0 Å². The summed E-state index contributed by atoms with van der Waals surface area (Å²) in [6.07, 6.45) is 6.46. The van der Waals surface area contributed by atoms with Crippen LogP contribution in [0.5, 0.6) is 0 Å². The first-order valence-corrected chi connectivity index (χ1v) is 7.34. The maximum atomic E-state index is 12.3. The highest BCUT2D eigenvalue weighted by Gasteiger charge is 2.61. The topological polar surface area (TPSA) is 62.0 Å². The lowest BCUT2D eigenvalue weighted by atomic mass is 9.69. The molecule has 2 fully saturated rings. The molecule has 1 heterocycles. The van der Waals surface area contributed by atoms with Gasteiger partial charge in [0.15, 0.2) is 5.43 Å². The molecule has 0 saturated heterocycles. The number of rotatable bonds is 2. The van der Waals surface area contributed by atoms with Gasteiger partial charge in [0.1, 0.15) is 5.56 Å². The minimum absolute atomic E-state index is 0.134. The summed E-state index contributed by atoms with van der Waals surface area (Å²) in [5, 5.41) is 3.10. The summed E-state index contributed by atoms with van der Waals surface area (Å²) >= 11 is 0. The first-order valence-electron chi connectivity index (χ1n) is 7.34. The van der Waals surface area contributed by atoms with E-state index in [-0.39, 0.29) is 33.8 Å². The summed E-state index contributed by atoms with van der Waals surface area (Å²) in [6, 6.07) is 1.56. The number of fused-ring (bicyclic) bond motifs is 2. The van der Waals surface area contributed by atoms with Gasteiger partial charge in [-0.25, -0.2) is 0 Å². The Kier molecular flexibility index (Phi) is 2.82. The van der Waals surface area contributed by atoms with Crippen LogP contribution in [0.4, 0.5) is 0 Å². The zero-order valence-electron chi connectivity index (χ0n) is 12.3. The van der Waals surface area contributed by atoms with E-state index in [9.17, 15) is 9.59 Å². The molecule has 0 aromatic carbocycles. The fraction of sp³-hybridized carbons (Fsp3) is 0.625. The van der Waals surface area contributed by atoms with Gasteiger partial charge in [-0.05, 0) is 36.0 Å². The molecule has 20 heavy (non-hydrogen) atoms. The molecule has 2 aliphatic rings. The monoisotopic (exact) mass is 274 g/mol. The molecule has 0 aliphatic heterocycles. The number of hydrogen-bond donors (Lipinski definition) is 2. The Morgan fingerprint density at radius 2 is 2.15 bits per heavy atom. The van der Waals surface area contributed by atoms with Gasteiger partial charge in [0.05, 0.1) is 0 Å². The van der Waals surface area contributed by atoms with Crippen molar-refractivity contribution < 1.29 is 4.79 Å². The van der Waals surface area contributed by atoms with Gasteiger partial charge in [-0.15, -0.1) is 0 Å². The molecule has 4 nitrogen and oxygen atoms in total. The molecule has 3 unspecified atom stereocenters. The largest absolute Gasteiger partial charge is 0.367 e. The van der Waals surface area contributed by atoms with Gasteiger partial charge in [-0.3, -0.25) is 9.59 Å². The van der Waals surface area contributed by atoms with Gasteiger partial charge in [-0.1, -0.05) is 20.8 Å². The average molecular weight is 274 g/mol. The fourth-order valence-electron chi connectivity index (χ4n) is 4.25. The number of carbonyl (C=O) groups excluding carboxylic acids is 1. The third-order valence-corrected chi connectivity index (χ3v) is 6.17. The van der Waals surface area contributed by atoms with Crippen LogP contribution in [-0.2, 0) is 0 Å². The SMILES string of the molecule is CC1(C)C2CCC1(C)C(NC(=O)c1c[nH]ccc1=O)C2. The van der Waals surface area contributed by atoms with E-state index >= 15 is 0 Å². The molecule has 4 heteroatoms. The smallest absolute Gasteiger partial charge is 0.256 e. The van der Waals surface area contributed by atoms with Crippen molar-refractivity contribution in [2.75, 3.05) is 0 Å². The quantitative estimate of drug-likeness (QED) is 0.869. The van der Waals surface area contributed by atoms with Gasteiger partial charge >= 0.3 is 0 Å². The molecule has 3 rings (SSSR count). The van der Waals surface area contributed by atoms with E-state index in [4.69, 9.17) is 0 Å². The number of pyridine rings is 1. The highest BCUT2D eigenvalue weighted by molar-refractivity contribution is 5.94. The Morgan fingerprint density at radius 3 is 2.70 bits per heavy atom. The van der Waals surface area contributed by atoms with Crippen molar-refractivity contribution in [1.29, 1.82) is 0 Å². The van der Waals surface area contributed by atoms with Gasteiger partial charge in [0, 0.05) is 24.5 Å². The van der Waals surface area contributed by atoms with E-state index < -0.39 is 0 Å². The van der Waals surface area contributed by atoms with Crippen LogP contribution in [0.2, 0.25) is 0 Å². The summed E-state index contributed by atoms with van der Waals surface area (Å²) in [5.74, 6) is 0.424. The molecular weight excluding hydrogens is 252 g/mol. The van der Waals surface area contributed by atoms with Crippen molar-refractivity contribution in [3.05, 3.63) is 34.2 Å². The van der Waals surface area contributed by atoms with Crippen molar-refractivity contribution in [1.82, 2.24) is 10.3 Å². The molecule has 1 amide bonds.